The van der Waals surface area contributed by atoms with Gasteiger partial charge in [-0.15, -0.1) is 0 Å². The maximum absolute atomic E-state index is 12.1. The zero-order chi connectivity index (χ0) is 16.0. The second-order valence-corrected chi connectivity index (χ2v) is 5.29. The molecule has 0 saturated heterocycles. The van der Waals surface area contributed by atoms with Gasteiger partial charge in [0.05, 0.1) is 12.7 Å². The summed E-state index contributed by atoms with van der Waals surface area (Å²) < 4.78 is 5.03. The number of benzene rings is 1. The molecule has 116 valence electrons. The number of amides is 2. The highest BCUT2D eigenvalue weighted by Gasteiger charge is 2.18. The molecule has 1 rings (SSSR count). The zero-order valence-electron chi connectivity index (χ0n) is 12.9. The highest BCUT2D eigenvalue weighted by Crippen LogP contribution is 2.19. The molecule has 0 aliphatic carbocycles. The molecular weight excluding hydrogens is 270 g/mol. The van der Waals surface area contributed by atoms with Crippen molar-refractivity contribution in [3.63, 3.8) is 0 Å². The first-order chi connectivity index (χ1) is 9.85. The number of ether oxygens (including phenoxy) is 1. The molecule has 0 bridgehead atoms. The third-order valence-corrected chi connectivity index (χ3v) is 2.93. The summed E-state index contributed by atoms with van der Waals surface area (Å²) in [5.74, 6) is 0.326. The molecule has 0 radical (unpaired) electrons. The Morgan fingerprint density at radius 2 is 1.95 bits per heavy atom. The lowest BCUT2D eigenvalue weighted by atomic mass is 10.1. The topological polar surface area (TPSA) is 93.4 Å². The number of anilines is 1. The van der Waals surface area contributed by atoms with E-state index in [4.69, 9.17) is 10.5 Å². The van der Waals surface area contributed by atoms with E-state index in [2.05, 4.69) is 10.6 Å². The minimum atomic E-state index is -0.627. The fourth-order valence-electron chi connectivity index (χ4n) is 1.67. The summed E-state index contributed by atoms with van der Waals surface area (Å²) >= 11 is 0. The van der Waals surface area contributed by atoms with Gasteiger partial charge in [-0.2, -0.15) is 0 Å². The number of carbonyl (C=O) groups excluding carboxylic acids is 2. The Morgan fingerprint density at radius 3 is 2.48 bits per heavy atom. The van der Waals surface area contributed by atoms with Crippen molar-refractivity contribution >= 4 is 17.5 Å². The van der Waals surface area contributed by atoms with Gasteiger partial charge in [-0.3, -0.25) is 9.59 Å². The van der Waals surface area contributed by atoms with Crippen LogP contribution >= 0.6 is 0 Å². The van der Waals surface area contributed by atoms with Gasteiger partial charge in [0.2, 0.25) is 5.91 Å². The predicted molar refractivity (Wildman–Crippen MR) is 82.2 cm³/mol. The molecule has 0 aliphatic heterocycles. The summed E-state index contributed by atoms with van der Waals surface area (Å²) in [5.41, 5.74) is 6.43. The second kappa shape index (κ2) is 7.52. The summed E-state index contributed by atoms with van der Waals surface area (Å²) in [6, 6.07) is 4.16. The van der Waals surface area contributed by atoms with Crippen LogP contribution in [0.3, 0.4) is 0 Å². The molecular formula is C15H23N3O3. The maximum Gasteiger partial charge on any atom is 0.254 e. The van der Waals surface area contributed by atoms with Gasteiger partial charge in [-0.1, -0.05) is 13.8 Å². The normalized spacial score (nSPS) is 11.9. The minimum Gasteiger partial charge on any atom is -0.497 e. The first-order valence-corrected chi connectivity index (χ1v) is 6.87. The first kappa shape index (κ1) is 16.8. The van der Waals surface area contributed by atoms with Crippen molar-refractivity contribution in [2.75, 3.05) is 19.4 Å². The van der Waals surface area contributed by atoms with Crippen LogP contribution in [0.5, 0.6) is 5.75 Å². The standard InChI is InChI=1S/C15H23N3O3/c1-9(2)8-17-14(19)10(3)18-15(20)12-6-5-11(21-4)7-13(12)16/h5-7,9-10H,8,16H2,1-4H3,(H,17,19)(H,18,20). The van der Waals surface area contributed by atoms with E-state index in [1.807, 2.05) is 13.8 Å². The van der Waals surface area contributed by atoms with Gasteiger partial charge in [0.25, 0.3) is 5.91 Å². The number of nitrogens with one attached hydrogen (secondary N) is 2. The SMILES string of the molecule is COc1ccc(C(=O)NC(C)C(=O)NCC(C)C)c(N)c1. The molecule has 2 amide bonds. The van der Waals surface area contributed by atoms with Crippen molar-refractivity contribution in [2.24, 2.45) is 5.92 Å². The summed E-state index contributed by atoms with van der Waals surface area (Å²) in [4.78, 5) is 23.9. The van der Waals surface area contributed by atoms with Crippen molar-refractivity contribution in [3.05, 3.63) is 23.8 Å². The van der Waals surface area contributed by atoms with E-state index in [-0.39, 0.29) is 11.8 Å². The van der Waals surface area contributed by atoms with Crippen molar-refractivity contribution in [2.45, 2.75) is 26.8 Å². The lowest BCUT2D eigenvalue weighted by Gasteiger charge is -2.16. The van der Waals surface area contributed by atoms with Crippen molar-refractivity contribution in [1.29, 1.82) is 0 Å². The average Bonchev–Trinajstić information content (AvgIpc) is 2.43. The van der Waals surface area contributed by atoms with Crippen LogP contribution in [0, 0.1) is 5.92 Å². The van der Waals surface area contributed by atoms with Gasteiger partial charge in [0.1, 0.15) is 11.8 Å². The number of nitrogens with two attached hydrogens (primary N) is 1. The lowest BCUT2D eigenvalue weighted by Crippen LogP contribution is -2.45. The quantitative estimate of drug-likeness (QED) is 0.686. The third-order valence-electron chi connectivity index (χ3n) is 2.93. The van der Waals surface area contributed by atoms with Gasteiger partial charge >= 0.3 is 0 Å². The van der Waals surface area contributed by atoms with Gasteiger partial charge < -0.3 is 21.1 Å². The fourth-order valence-corrected chi connectivity index (χ4v) is 1.67. The molecule has 1 unspecified atom stereocenters. The number of carbonyl (C=O) groups is 2. The second-order valence-electron chi connectivity index (χ2n) is 5.29. The van der Waals surface area contributed by atoms with Gasteiger partial charge in [-0.25, -0.2) is 0 Å². The highest BCUT2D eigenvalue weighted by atomic mass is 16.5. The summed E-state index contributed by atoms with van der Waals surface area (Å²) in [5, 5.41) is 5.39. The van der Waals surface area contributed by atoms with Crippen molar-refractivity contribution in [3.8, 4) is 5.75 Å². The fraction of sp³-hybridized carbons (Fsp3) is 0.467. The Labute approximate surface area is 125 Å². The monoisotopic (exact) mass is 293 g/mol. The Balaban J connectivity index is 2.66. The molecule has 21 heavy (non-hydrogen) atoms. The van der Waals surface area contributed by atoms with Crippen LogP contribution in [-0.4, -0.2) is 31.5 Å². The summed E-state index contributed by atoms with van der Waals surface area (Å²) in [6.45, 7) is 6.21. The molecule has 6 nitrogen and oxygen atoms in total. The maximum atomic E-state index is 12.1. The van der Waals surface area contributed by atoms with Gasteiger partial charge in [0.15, 0.2) is 0 Å². The highest BCUT2D eigenvalue weighted by molar-refractivity contribution is 6.01. The van der Waals surface area contributed by atoms with Crippen LogP contribution < -0.4 is 21.1 Å². The molecule has 1 aromatic rings. The van der Waals surface area contributed by atoms with Gasteiger partial charge in [-0.05, 0) is 25.0 Å². The zero-order valence-corrected chi connectivity index (χ0v) is 12.9. The molecule has 0 heterocycles. The van der Waals surface area contributed by atoms with E-state index in [1.165, 1.54) is 7.11 Å². The van der Waals surface area contributed by atoms with E-state index in [0.717, 1.165) is 0 Å². The van der Waals surface area contributed by atoms with E-state index < -0.39 is 6.04 Å². The molecule has 0 spiro atoms. The third kappa shape index (κ3) is 4.98. The Kier molecular flexibility index (Phi) is 6.02. The molecule has 6 heteroatoms. The van der Waals surface area contributed by atoms with Crippen LogP contribution in [0.4, 0.5) is 5.69 Å². The molecule has 0 saturated carbocycles. The van der Waals surface area contributed by atoms with E-state index in [1.54, 1.807) is 25.1 Å². The molecule has 4 N–H and O–H groups in total. The van der Waals surface area contributed by atoms with Crippen LogP contribution in [0.2, 0.25) is 0 Å². The average molecular weight is 293 g/mol. The van der Waals surface area contributed by atoms with E-state index >= 15 is 0 Å². The van der Waals surface area contributed by atoms with Crippen LogP contribution in [0.15, 0.2) is 18.2 Å². The van der Waals surface area contributed by atoms with E-state index in [9.17, 15) is 9.59 Å². The van der Waals surface area contributed by atoms with Crippen LogP contribution in [0.25, 0.3) is 0 Å². The number of hydrogen-bond acceptors (Lipinski definition) is 4. The molecule has 1 atom stereocenters. The molecule has 0 aliphatic rings. The van der Waals surface area contributed by atoms with Gasteiger partial charge in [0, 0.05) is 18.3 Å². The van der Waals surface area contributed by atoms with Crippen molar-refractivity contribution < 1.29 is 14.3 Å². The lowest BCUT2D eigenvalue weighted by molar-refractivity contribution is -0.122. The van der Waals surface area contributed by atoms with Crippen LogP contribution in [-0.2, 0) is 4.79 Å². The smallest absolute Gasteiger partial charge is 0.254 e. The molecule has 0 aromatic heterocycles. The Morgan fingerprint density at radius 1 is 1.29 bits per heavy atom. The number of methoxy groups -OCH3 is 1. The van der Waals surface area contributed by atoms with Crippen LogP contribution in [0.1, 0.15) is 31.1 Å². The number of hydrogen-bond donors (Lipinski definition) is 3. The Hall–Kier alpha value is -2.24. The van der Waals surface area contributed by atoms with Crippen molar-refractivity contribution in [1.82, 2.24) is 10.6 Å². The number of nitrogen functional groups attached to an aromatic ring is 1. The largest absolute Gasteiger partial charge is 0.497 e. The summed E-state index contributed by atoms with van der Waals surface area (Å²) in [6.07, 6.45) is 0. The number of rotatable bonds is 6. The predicted octanol–water partition coefficient (Wildman–Crippen LogP) is 1.17. The summed E-state index contributed by atoms with van der Waals surface area (Å²) in [7, 11) is 1.52. The molecule has 1 aromatic carbocycles. The Bertz CT molecular complexity index is 515. The first-order valence-electron chi connectivity index (χ1n) is 6.87. The minimum absolute atomic E-state index is 0.218. The van der Waals surface area contributed by atoms with E-state index in [0.29, 0.717) is 29.5 Å². The molecule has 0 fully saturated rings.